The highest BCUT2D eigenvalue weighted by molar-refractivity contribution is 5.51. The van der Waals surface area contributed by atoms with Crippen LogP contribution in [-0.4, -0.2) is 12.8 Å². The molecule has 2 rings (SSSR count). The molecule has 0 radical (unpaired) electrons. The predicted octanol–water partition coefficient (Wildman–Crippen LogP) is 1.77. The van der Waals surface area contributed by atoms with Gasteiger partial charge >= 0.3 is 0 Å². The number of rotatable bonds is 3. The number of alkyl halides is 1. The monoisotopic (exact) mass is 211 g/mol. The number of hydrogen-bond acceptors (Lipinski definition) is 3. The van der Waals surface area contributed by atoms with Crippen LogP contribution in [0.2, 0.25) is 0 Å². The molecule has 1 aromatic carbocycles. The number of halogens is 1. The lowest BCUT2D eigenvalue weighted by molar-refractivity contribution is 0.173. The van der Waals surface area contributed by atoms with Crippen LogP contribution in [0.25, 0.3) is 0 Å². The minimum atomic E-state index is -0.497. The molecule has 1 unspecified atom stereocenters. The fourth-order valence-electron chi connectivity index (χ4n) is 1.72. The van der Waals surface area contributed by atoms with Crippen molar-refractivity contribution in [3.05, 3.63) is 23.3 Å². The topological polar surface area (TPSA) is 44.5 Å². The quantitative estimate of drug-likeness (QED) is 0.828. The number of hydrogen-bond donors (Lipinski definition) is 1. The van der Waals surface area contributed by atoms with Gasteiger partial charge in [-0.2, -0.15) is 0 Å². The van der Waals surface area contributed by atoms with Crippen molar-refractivity contribution in [2.45, 2.75) is 26.1 Å². The Bertz CT molecular complexity index is 366. The molecule has 15 heavy (non-hydrogen) atoms. The van der Waals surface area contributed by atoms with Crippen LogP contribution in [0.5, 0.6) is 11.5 Å². The molecule has 0 aromatic heterocycles. The van der Waals surface area contributed by atoms with Crippen LogP contribution in [0.4, 0.5) is 4.39 Å². The van der Waals surface area contributed by atoms with E-state index in [9.17, 15) is 4.39 Å². The molecule has 1 atom stereocenters. The Morgan fingerprint density at radius 3 is 2.93 bits per heavy atom. The van der Waals surface area contributed by atoms with Crippen LogP contribution in [0.3, 0.4) is 0 Å². The van der Waals surface area contributed by atoms with Gasteiger partial charge in [-0.15, -0.1) is 0 Å². The molecule has 4 heteroatoms. The first-order valence-electron chi connectivity index (χ1n) is 4.93. The van der Waals surface area contributed by atoms with Crippen LogP contribution < -0.4 is 15.2 Å². The second-order valence-electron chi connectivity index (χ2n) is 3.80. The Morgan fingerprint density at radius 2 is 2.27 bits per heavy atom. The van der Waals surface area contributed by atoms with Gasteiger partial charge in [0.25, 0.3) is 0 Å². The molecule has 1 aromatic rings. The summed E-state index contributed by atoms with van der Waals surface area (Å²) < 4.78 is 23.1. The molecule has 0 saturated carbocycles. The van der Waals surface area contributed by atoms with Crippen LogP contribution in [0.15, 0.2) is 12.1 Å². The maximum atomic E-state index is 12.6. The average molecular weight is 211 g/mol. The third kappa shape index (κ3) is 2.04. The van der Waals surface area contributed by atoms with E-state index in [2.05, 4.69) is 0 Å². The summed E-state index contributed by atoms with van der Waals surface area (Å²) in [6.07, 6.45) is 0.666. The van der Waals surface area contributed by atoms with E-state index in [0.717, 1.165) is 5.56 Å². The van der Waals surface area contributed by atoms with Crippen LogP contribution in [0.1, 0.15) is 18.1 Å². The molecule has 0 spiro atoms. The van der Waals surface area contributed by atoms with Crippen LogP contribution in [-0.2, 0) is 13.1 Å². The van der Waals surface area contributed by atoms with Gasteiger partial charge < -0.3 is 15.2 Å². The first kappa shape index (κ1) is 10.2. The normalized spacial score (nSPS) is 15.4. The summed E-state index contributed by atoms with van der Waals surface area (Å²) in [6.45, 7) is 1.62. The minimum absolute atomic E-state index is 0.0214. The van der Waals surface area contributed by atoms with E-state index >= 15 is 0 Å². The summed E-state index contributed by atoms with van der Waals surface area (Å²) in [5.74, 6) is 1.34. The van der Waals surface area contributed by atoms with Gasteiger partial charge in [-0.05, 0) is 31.0 Å². The van der Waals surface area contributed by atoms with Crippen molar-refractivity contribution in [3.8, 4) is 11.5 Å². The number of fused-ring (bicyclic) bond motifs is 1. The van der Waals surface area contributed by atoms with E-state index in [4.69, 9.17) is 15.2 Å². The van der Waals surface area contributed by atoms with Gasteiger partial charge in [0.2, 0.25) is 6.79 Å². The average Bonchev–Trinajstić information content (AvgIpc) is 2.64. The maximum absolute atomic E-state index is 12.6. The van der Waals surface area contributed by atoms with Gasteiger partial charge in [0.05, 0.1) is 0 Å². The highest BCUT2D eigenvalue weighted by atomic mass is 19.1. The molecule has 0 aliphatic carbocycles. The molecule has 0 amide bonds. The molecule has 0 bridgehead atoms. The Kier molecular flexibility index (Phi) is 2.77. The van der Waals surface area contributed by atoms with Crippen molar-refractivity contribution in [2.24, 2.45) is 5.73 Å². The van der Waals surface area contributed by atoms with E-state index < -0.39 is 6.67 Å². The summed E-state index contributed by atoms with van der Waals surface area (Å²) in [6, 6.07) is 3.48. The summed E-state index contributed by atoms with van der Waals surface area (Å²) in [5.41, 5.74) is 7.25. The van der Waals surface area contributed by atoms with E-state index in [1.165, 1.54) is 0 Å². The van der Waals surface area contributed by atoms with Crippen molar-refractivity contribution < 1.29 is 13.9 Å². The fraction of sp³-hybridized carbons (Fsp3) is 0.455. The molecule has 1 aliphatic rings. The van der Waals surface area contributed by atoms with E-state index in [0.29, 0.717) is 23.5 Å². The van der Waals surface area contributed by atoms with Crippen molar-refractivity contribution >= 4 is 0 Å². The third-order valence-electron chi connectivity index (χ3n) is 2.31. The SMILES string of the molecule is CC(N)Cc1cc(CF)cc2c1OCO2. The number of nitrogens with two attached hydrogens (primary N) is 1. The zero-order chi connectivity index (χ0) is 10.8. The largest absolute Gasteiger partial charge is 0.454 e. The number of benzene rings is 1. The molecule has 1 aliphatic heterocycles. The predicted molar refractivity (Wildman–Crippen MR) is 54.7 cm³/mol. The first-order chi connectivity index (χ1) is 7.20. The lowest BCUT2D eigenvalue weighted by Gasteiger charge is -2.09. The van der Waals surface area contributed by atoms with Gasteiger partial charge in [-0.25, -0.2) is 4.39 Å². The third-order valence-corrected chi connectivity index (χ3v) is 2.31. The summed E-state index contributed by atoms with van der Waals surface area (Å²) in [5, 5.41) is 0. The molecule has 0 fully saturated rings. The maximum Gasteiger partial charge on any atom is 0.231 e. The standard InChI is InChI=1S/C11H14FNO2/c1-7(13)2-9-3-8(5-12)4-10-11(9)15-6-14-10/h3-4,7H,2,5-6,13H2,1H3. The molecule has 1 heterocycles. The summed E-state index contributed by atoms with van der Waals surface area (Å²) >= 11 is 0. The highest BCUT2D eigenvalue weighted by Crippen LogP contribution is 2.37. The smallest absolute Gasteiger partial charge is 0.231 e. The zero-order valence-corrected chi connectivity index (χ0v) is 8.63. The number of ether oxygens (including phenoxy) is 2. The van der Waals surface area contributed by atoms with Crippen LogP contribution in [0, 0.1) is 0 Å². The lowest BCUT2D eigenvalue weighted by Crippen LogP contribution is -2.18. The van der Waals surface area contributed by atoms with Crippen molar-refractivity contribution in [1.82, 2.24) is 0 Å². The molecular formula is C11H14FNO2. The Balaban J connectivity index is 2.38. The Hall–Kier alpha value is -1.29. The zero-order valence-electron chi connectivity index (χ0n) is 8.63. The summed E-state index contributed by atoms with van der Waals surface area (Å²) in [7, 11) is 0. The molecular weight excluding hydrogens is 197 g/mol. The molecule has 2 N–H and O–H groups in total. The second-order valence-corrected chi connectivity index (χ2v) is 3.80. The van der Waals surface area contributed by atoms with Gasteiger partial charge in [0.1, 0.15) is 6.67 Å². The Labute approximate surface area is 88.0 Å². The molecule has 0 saturated heterocycles. The fourth-order valence-corrected chi connectivity index (χ4v) is 1.72. The Morgan fingerprint density at radius 1 is 1.47 bits per heavy atom. The van der Waals surface area contributed by atoms with E-state index in [-0.39, 0.29) is 12.8 Å². The van der Waals surface area contributed by atoms with Gasteiger partial charge in [-0.1, -0.05) is 0 Å². The van der Waals surface area contributed by atoms with Gasteiger partial charge in [0.15, 0.2) is 11.5 Å². The highest BCUT2D eigenvalue weighted by Gasteiger charge is 2.19. The second kappa shape index (κ2) is 4.06. The molecule has 3 nitrogen and oxygen atoms in total. The van der Waals surface area contributed by atoms with E-state index in [1.807, 2.05) is 6.92 Å². The van der Waals surface area contributed by atoms with Crippen molar-refractivity contribution in [1.29, 1.82) is 0 Å². The van der Waals surface area contributed by atoms with Crippen molar-refractivity contribution in [2.75, 3.05) is 6.79 Å². The van der Waals surface area contributed by atoms with Crippen molar-refractivity contribution in [3.63, 3.8) is 0 Å². The summed E-state index contributed by atoms with van der Waals surface area (Å²) in [4.78, 5) is 0. The molecule has 82 valence electrons. The van der Waals surface area contributed by atoms with E-state index in [1.54, 1.807) is 12.1 Å². The first-order valence-corrected chi connectivity index (χ1v) is 4.93. The van der Waals surface area contributed by atoms with Crippen LogP contribution >= 0.6 is 0 Å². The van der Waals surface area contributed by atoms with Gasteiger partial charge in [-0.3, -0.25) is 0 Å². The van der Waals surface area contributed by atoms with Gasteiger partial charge in [0, 0.05) is 11.6 Å². The minimum Gasteiger partial charge on any atom is -0.454 e. The lowest BCUT2D eigenvalue weighted by atomic mass is 10.0.